The molecule has 2 aromatic rings. The predicted octanol–water partition coefficient (Wildman–Crippen LogP) is 2.12. The summed E-state index contributed by atoms with van der Waals surface area (Å²) in [5.74, 6) is -0.481. The van der Waals surface area contributed by atoms with Crippen LogP contribution >= 0.6 is 0 Å². The van der Waals surface area contributed by atoms with Gasteiger partial charge in [-0.3, -0.25) is 4.79 Å². The molecule has 0 aliphatic heterocycles. The maximum absolute atomic E-state index is 12.2. The molecule has 3 nitrogen and oxygen atoms in total. The summed E-state index contributed by atoms with van der Waals surface area (Å²) in [6.07, 6.45) is 2.23. The molecule has 0 N–H and O–H groups in total. The van der Waals surface area contributed by atoms with Crippen LogP contribution in [0.1, 0.15) is 22.5 Å². The van der Waals surface area contributed by atoms with Crippen molar-refractivity contribution in [3.05, 3.63) is 35.5 Å². The molecule has 1 aromatic heterocycles. The van der Waals surface area contributed by atoms with E-state index in [1.807, 2.05) is 35.9 Å². The van der Waals surface area contributed by atoms with Crippen molar-refractivity contribution in [1.29, 1.82) is 0 Å². The molecule has 3 heteroatoms. The van der Waals surface area contributed by atoms with Crippen molar-refractivity contribution in [2.45, 2.75) is 12.8 Å². The first-order chi connectivity index (χ1) is 8.24. The summed E-state index contributed by atoms with van der Waals surface area (Å²) in [5.41, 5.74) is 2.89. The Kier molecular flexibility index (Phi) is 2.15. The van der Waals surface area contributed by atoms with E-state index >= 15 is 0 Å². The van der Waals surface area contributed by atoms with E-state index in [-0.39, 0.29) is 5.78 Å². The molecule has 1 aromatic carbocycles. The molecule has 1 aliphatic rings. The van der Waals surface area contributed by atoms with Gasteiger partial charge in [0.25, 0.3) is 0 Å². The Morgan fingerprint density at radius 3 is 2.88 bits per heavy atom. The molecule has 17 heavy (non-hydrogen) atoms. The normalized spacial score (nSPS) is 19.4. The fraction of sp³-hybridized carbons (Fsp3) is 0.286. The number of Topliss-reactive ketones (excluding diaryl/α,β-unsaturated/α-hetero) is 1. The molecule has 1 aliphatic carbocycles. The molecule has 1 atom stereocenters. The molecule has 0 radical (unpaired) electrons. The number of hydrogen-bond donors (Lipinski definition) is 0. The minimum absolute atomic E-state index is 0.0278. The number of fused-ring (bicyclic) bond motifs is 3. The number of hydrogen-bond acceptors (Lipinski definition) is 2. The van der Waals surface area contributed by atoms with Crippen molar-refractivity contribution in [3.8, 4) is 0 Å². The Morgan fingerprint density at radius 1 is 1.35 bits per heavy atom. The number of rotatable bonds is 1. The number of aryl methyl sites for hydroxylation is 2. The quantitative estimate of drug-likeness (QED) is 0.553. The Bertz CT molecular complexity index is 624. The van der Waals surface area contributed by atoms with E-state index in [1.54, 1.807) is 0 Å². The van der Waals surface area contributed by atoms with Gasteiger partial charge in [0.05, 0.1) is 11.6 Å². The Morgan fingerprint density at radius 2 is 2.12 bits per heavy atom. The average Bonchev–Trinajstić information content (AvgIpc) is 2.65. The van der Waals surface area contributed by atoms with Crippen LogP contribution in [0.25, 0.3) is 10.9 Å². The van der Waals surface area contributed by atoms with Gasteiger partial charge in [0.15, 0.2) is 5.78 Å². The second kappa shape index (κ2) is 3.55. The molecule has 86 valence electrons. The number of ketones is 1. The van der Waals surface area contributed by atoms with Gasteiger partial charge in [0.1, 0.15) is 6.29 Å². The van der Waals surface area contributed by atoms with Crippen LogP contribution in [-0.4, -0.2) is 16.6 Å². The fourth-order valence-corrected chi connectivity index (χ4v) is 2.78. The van der Waals surface area contributed by atoms with Gasteiger partial charge < -0.3 is 9.36 Å². The lowest BCUT2D eigenvalue weighted by molar-refractivity contribution is -0.110. The first kappa shape index (κ1) is 10.3. The topological polar surface area (TPSA) is 39.1 Å². The van der Waals surface area contributed by atoms with Gasteiger partial charge in [-0.2, -0.15) is 0 Å². The third-order valence-corrected chi connectivity index (χ3v) is 3.65. The van der Waals surface area contributed by atoms with Crippen LogP contribution in [0.4, 0.5) is 0 Å². The van der Waals surface area contributed by atoms with E-state index in [1.165, 1.54) is 0 Å². The Labute approximate surface area is 99.0 Å². The molecule has 0 amide bonds. The van der Waals surface area contributed by atoms with E-state index < -0.39 is 5.92 Å². The fourth-order valence-electron chi connectivity index (χ4n) is 2.78. The maximum Gasteiger partial charge on any atom is 0.189 e. The van der Waals surface area contributed by atoms with Gasteiger partial charge in [-0.05, 0) is 24.5 Å². The van der Waals surface area contributed by atoms with Crippen LogP contribution in [0.15, 0.2) is 24.3 Å². The largest absolute Gasteiger partial charge is 0.341 e. The van der Waals surface area contributed by atoms with E-state index in [9.17, 15) is 9.59 Å². The average molecular weight is 227 g/mol. The number of carbonyl (C=O) groups is 2. The standard InChI is InChI=1S/C14H13NO2/c1-15-12-5-3-2-4-10(12)11-7-6-9(8-16)14(17)13(11)15/h2-5,8-9H,6-7H2,1H3. The van der Waals surface area contributed by atoms with Crippen LogP contribution in [0.5, 0.6) is 0 Å². The SMILES string of the molecule is Cn1c2c(c3ccccc31)CCC(C=O)C2=O. The molecular formula is C14H13NO2. The number of aldehydes is 1. The number of nitrogens with zero attached hydrogens (tertiary/aromatic N) is 1. The zero-order chi connectivity index (χ0) is 12.0. The summed E-state index contributed by atoms with van der Waals surface area (Å²) < 4.78 is 1.92. The lowest BCUT2D eigenvalue weighted by Gasteiger charge is -2.17. The lowest BCUT2D eigenvalue weighted by Crippen LogP contribution is -2.25. The molecule has 1 unspecified atom stereocenters. The zero-order valence-electron chi connectivity index (χ0n) is 9.64. The summed E-state index contributed by atoms with van der Waals surface area (Å²) in [6.45, 7) is 0. The third kappa shape index (κ3) is 1.28. The van der Waals surface area contributed by atoms with Crippen molar-refractivity contribution in [2.24, 2.45) is 13.0 Å². The van der Waals surface area contributed by atoms with Gasteiger partial charge in [-0.15, -0.1) is 0 Å². The predicted molar refractivity (Wildman–Crippen MR) is 65.1 cm³/mol. The highest BCUT2D eigenvalue weighted by Gasteiger charge is 2.31. The third-order valence-electron chi connectivity index (χ3n) is 3.65. The summed E-state index contributed by atoms with van der Waals surface area (Å²) >= 11 is 0. The minimum Gasteiger partial charge on any atom is -0.341 e. The van der Waals surface area contributed by atoms with Crippen molar-refractivity contribution in [3.63, 3.8) is 0 Å². The highest BCUT2D eigenvalue weighted by atomic mass is 16.1. The van der Waals surface area contributed by atoms with Gasteiger partial charge in [0, 0.05) is 18.0 Å². The van der Waals surface area contributed by atoms with Crippen LogP contribution < -0.4 is 0 Å². The van der Waals surface area contributed by atoms with Crippen LogP contribution in [0.3, 0.4) is 0 Å². The van der Waals surface area contributed by atoms with Crippen molar-refractivity contribution in [2.75, 3.05) is 0 Å². The van der Waals surface area contributed by atoms with E-state index in [4.69, 9.17) is 0 Å². The molecule has 0 saturated carbocycles. The molecule has 0 bridgehead atoms. The van der Waals surface area contributed by atoms with Gasteiger partial charge >= 0.3 is 0 Å². The number of para-hydroxylation sites is 1. The first-order valence-electron chi connectivity index (χ1n) is 5.80. The molecule has 0 fully saturated rings. The summed E-state index contributed by atoms with van der Waals surface area (Å²) in [5, 5.41) is 1.14. The highest BCUT2D eigenvalue weighted by Crippen LogP contribution is 2.32. The lowest BCUT2D eigenvalue weighted by atomic mass is 9.86. The van der Waals surface area contributed by atoms with Crippen LogP contribution in [-0.2, 0) is 18.3 Å². The second-order valence-electron chi connectivity index (χ2n) is 4.55. The molecular weight excluding hydrogens is 214 g/mol. The summed E-state index contributed by atoms with van der Waals surface area (Å²) in [7, 11) is 1.90. The zero-order valence-corrected chi connectivity index (χ0v) is 9.64. The van der Waals surface area contributed by atoms with E-state index in [2.05, 4.69) is 0 Å². The van der Waals surface area contributed by atoms with E-state index in [0.29, 0.717) is 6.42 Å². The van der Waals surface area contributed by atoms with Gasteiger partial charge in [0.2, 0.25) is 0 Å². The monoisotopic (exact) mass is 227 g/mol. The molecule has 0 saturated heterocycles. The molecule has 3 rings (SSSR count). The second-order valence-corrected chi connectivity index (χ2v) is 4.55. The number of carbonyl (C=O) groups excluding carboxylic acids is 2. The summed E-state index contributed by atoms with van der Waals surface area (Å²) in [6, 6.07) is 8.01. The number of aromatic nitrogens is 1. The highest BCUT2D eigenvalue weighted by molar-refractivity contribution is 6.10. The van der Waals surface area contributed by atoms with Gasteiger partial charge in [-0.1, -0.05) is 18.2 Å². The van der Waals surface area contributed by atoms with Gasteiger partial charge in [-0.25, -0.2) is 0 Å². The molecule has 0 spiro atoms. The van der Waals surface area contributed by atoms with Crippen molar-refractivity contribution in [1.82, 2.24) is 4.57 Å². The van der Waals surface area contributed by atoms with E-state index in [0.717, 1.165) is 34.9 Å². The maximum atomic E-state index is 12.2. The minimum atomic E-state index is -0.453. The first-order valence-corrected chi connectivity index (χ1v) is 5.80. The van der Waals surface area contributed by atoms with Crippen LogP contribution in [0.2, 0.25) is 0 Å². The van der Waals surface area contributed by atoms with Crippen molar-refractivity contribution < 1.29 is 9.59 Å². The van der Waals surface area contributed by atoms with Crippen molar-refractivity contribution >= 4 is 23.0 Å². The Balaban J connectivity index is 2.33. The van der Waals surface area contributed by atoms with Crippen LogP contribution in [0, 0.1) is 5.92 Å². The molecule has 1 heterocycles. The summed E-state index contributed by atoms with van der Waals surface area (Å²) in [4.78, 5) is 23.1. The number of benzene rings is 1. The smallest absolute Gasteiger partial charge is 0.189 e. The Hall–Kier alpha value is -1.90.